The highest BCUT2D eigenvalue weighted by atomic mass is 32.1. The lowest BCUT2D eigenvalue weighted by atomic mass is 10.2. The molecule has 2 aromatic carbocycles. The highest BCUT2D eigenvalue weighted by molar-refractivity contribution is 7.08. The average Bonchev–Trinajstić information content (AvgIpc) is 3.46. The number of rotatable bonds is 7. The molecule has 150 valence electrons. The Morgan fingerprint density at radius 3 is 2.53 bits per heavy atom. The molecule has 0 spiro atoms. The van der Waals surface area contributed by atoms with E-state index < -0.39 is 5.97 Å². The van der Waals surface area contributed by atoms with Gasteiger partial charge in [0.2, 0.25) is 11.8 Å². The average molecular weight is 419 g/mol. The van der Waals surface area contributed by atoms with Crippen LogP contribution >= 0.6 is 11.3 Å². The first-order valence-corrected chi connectivity index (χ1v) is 10.1. The lowest BCUT2D eigenvalue weighted by molar-refractivity contribution is -0.134. The van der Waals surface area contributed by atoms with Gasteiger partial charge in [-0.1, -0.05) is 18.2 Å². The zero-order valence-electron chi connectivity index (χ0n) is 15.8. The van der Waals surface area contributed by atoms with Gasteiger partial charge in [0.05, 0.1) is 6.42 Å². The lowest BCUT2D eigenvalue weighted by Gasteiger charge is -2.07. The monoisotopic (exact) mass is 419 g/mol. The zero-order chi connectivity index (χ0) is 20.8. The van der Waals surface area contributed by atoms with Crippen molar-refractivity contribution in [3.8, 4) is 17.2 Å². The van der Waals surface area contributed by atoms with Gasteiger partial charge in [-0.25, -0.2) is 0 Å². The smallest absolute Gasteiger partial charge is 0.311 e. The van der Waals surface area contributed by atoms with Crippen LogP contribution in [0.2, 0.25) is 0 Å². The minimum Gasteiger partial charge on any atom is -0.427 e. The summed E-state index contributed by atoms with van der Waals surface area (Å²) in [4.78, 5) is 24.2. The lowest BCUT2D eigenvalue weighted by Crippen LogP contribution is -2.12. The van der Waals surface area contributed by atoms with Gasteiger partial charge < -0.3 is 14.5 Å². The van der Waals surface area contributed by atoms with Crippen molar-refractivity contribution in [2.75, 3.05) is 5.32 Å². The molecule has 0 atom stereocenters. The minimum atomic E-state index is -0.411. The van der Waals surface area contributed by atoms with Crippen molar-refractivity contribution in [3.05, 3.63) is 82.9 Å². The molecule has 0 fully saturated rings. The van der Waals surface area contributed by atoms with Crippen LogP contribution in [-0.4, -0.2) is 22.1 Å². The van der Waals surface area contributed by atoms with Crippen LogP contribution in [0, 0.1) is 0 Å². The summed E-state index contributed by atoms with van der Waals surface area (Å²) in [5.41, 5.74) is 2.03. The zero-order valence-corrected chi connectivity index (χ0v) is 16.6. The summed E-state index contributed by atoms with van der Waals surface area (Å²) in [7, 11) is 0. The number of amides is 1. The van der Waals surface area contributed by atoms with Crippen LogP contribution in [0.4, 0.5) is 5.69 Å². The van der Waals surface area contributed by atoms with Gasteiger partial charge in [0.1, 0.15) is 5.75 Å². The maximum Gasteiger partial charge on any atom is 0.311 e. The highest BCUT2D eigenvalue weighted by Crippen LogP contribution is 2.21. The molecule has 0 aliphatic carbocycles. The Kier molecular flexibility index (Phi) is 5.95. The number of aryl methyl sites for hydroxylation is 1. The van der Waals surface area contributed by atoms with Crippen molar-refractivity contribution < 1.29 is 18.7 Å². The van der Waals surface area contributed by atoms with E-state index in [2.05, 4.69) is 15.5 Å². The van der Waals surface area contributed by atoms with Crippen LogP contribution in [0.3, 0.4) is 0 Å². The third-order valence-electron chi connectivity index (χ3n) is 4.16. The van der Waals surface area contributed by atoms with E-state index in [1.807, 2.05) is 22.9 Å². The number of nitrogens with one attached hydrogen (secondary N) is 1. The molecule has 0 aliphatic heterocycles. The van der Waals surface area contributed by atoms with Crippen LogP contribution in [0.1, 0.15) is 22.7 Å². The Morgan fingerprint density at radius 2 is 1.80 bits per heavy atom. The van der Waals surface area contributed by atoms with E-state index in [0.717, 1.165) is 5.56 Å². The summed E-state index contributed by atoms with van der Waals surface area (Å²) in [6, 6.07) is 17.4. The Labute approximate surface area is 176 Å². The van der Waals surface area contributed by atoms with Crippen LogP contribution in [-0.2, 0) is 11.2 Å². The molecule has 8 heteroatoms. The van der Waals surface area contributed by atoms with Crippen LogP contribution in [0.25, 0.3) is 11.5 Å². The first-order valence-electron chi connectivity index (χ1n) is 9.19. The Balaban J connectivity index is 1.27. The number of aromatic nitrogens is 2. The molecule has 1 amide bonds. The number of thiophene rings is 1. The highest BCUT2D eigenvalue weighted by Gasteiger charge is 2.12. The van der Waals surface area contributed by atoms with Crippen molar-refractivity contribution >= 4 is 28.9 Å². The molecule has 4 rings (SSSR count). The summed E-state index contributed by atoms with van der Waals surface area (Å²) in [5, 5.41) is 14.6. The fourth-order valence-corrected chi connectivity index (χ4v) is 3.28. The van der Waals surface area contributed by atoms with E-state index in [1.54, 1.807) is 59.9 Å². The summed E-state index contributed by atoms with van der Waals surface area (Å²) in [5.74, 6) is 0.593. The molecular formula is C22H17N3O4S. The Bertz CT molecular complexity index is 1120. The first-order chi connectivity index (χ1) is 14.7. The van der Waals surface area contributed by atoms with Crippen LogP contribution < -0.4 is 10.1 Å². The first kappa shape index (κ1) is 19.5. The molecule has 1 N–H and O–H groups in total. The fraction of sp³-hybridized carbons (Fsp3) is 0.0909. The maximum absolute atomic E-state index is 12.2. The molecule has 0 aliphatic rings. The predicted molar refractivity (Wildman–Crippen MR) is 112 cm³/mol. The second-order valence-corrected chi connectivity index (χ2v) is 7.11. The summed E-state index contributed by atoms with van der Waals surface area (Å²) < 4.78 is 10.9. The van der Waals surface area contributed by atoms with Gasteiger partial charge in [-0.2, -0.15) is 11.3 Å². The largest absolute Gasteiger partial charge is 0.427 e. The molecule has 0 radical (unpaired) electrons. The van der Waals surface area contributed by atoms with E-state index in [9.17, 15) is 9.59 Å². The van der Waals surface area contributed by atoms with Gasteiger partial charge in [-0.05, 0) is 47.8 Å². The number of benzene rings is 2. The third-order valence-corrected chi connectivity index (χ3v) is 4.84. The molecule has 0 saturated carbocycles. The van der Waals surface area contributed by atoms with Crippen molar-refractivity contribution in [2.24, 2.45) is 0 Å². The number of ether oxygens (including phenoxy) is 1. The molecular weight excluding hydrogens is 402 g/mol. The molecule has 30 heavy (non-hydrogen) atoms. The van der Waals surface area contributed by atoms with Gasteiger partial charge in [-0.15, -0.1) is 10.2 Å². The second-order valence-electron chi connectivity index (χ2n) is 6.33. The van der Waals surface area contributed by atoms with Gasteiger partial charge >= 0.3 is 5.97 Å². The Morgan fingerprint density at radius 1 is 1.00 bits per heavy atom. The fourth-order valence-electron chi connectivity index (χ4n) is 2.65. The molecule has 7 nitrogen and oxygen atoms in total. The van der Waals surface area contributed by atoms with Gasteiger partial charge in [0.15, 0.2) is 0 Å². The number of anilines is 1. The van der Waals surface area contributed by atoms with Crippen molar-refractivity contribution in [2.45, 2.75) is 12.8 Å². The van der Waals surface area contributed by atoms with E-state index >= 15 is 0 Å². The van der Waals surface area contributed by atoms with Crippen LogP contribution in [0.5, 0.6) is 5.75 Å². The summed E-state index contributed by atoms with van der Waals surface area (Å²) in [6.45, 7) is 0. The molecule has 0 bridgehead atoms. The number of hydrogen-bond acceptors (Lipinski definition) is 7. The SMILES string of the molecule is O=C(CCc1nnc(-c2ccsc2)o1)Oc1ccc(NC(=O)c2ccccc2)cc1. The van der Waals surface area contributed by atoms with Crippen molar-refractivity contribution in [1.29, 1.82) is 0 Å². The molecule has 2 heterocycles. The quantitative estimate of drug-likeness (QED) is 0.348. The summed E-state index contributed by atoms with van der Waals surface area (Å²) >= 11 is 1.54. The minimum absolute atomic E-state index is 0.109. The topological polar surface area (TPSA) is 94.3 Å². The van der Waals surface area contributed by atoms with Gasteiger partial charge in [0.25, 0.3) is 5.91 Å². The second kappa shape index (κ2) is 9.15. The number of carbonyl (C=O) groups excluding carboxylic acids is 2. The predicted octanol–water partition coefficient (Wildman–Crippen LogP) is 4.59. The number of esters is 1. The van der Waals surface area contributed by atoms with E-state index in [-0.39, 0.29) is 12.3 Å². The molecule has 4 aromatic rings. The number of hydrogen-bond donors (Lipinski definition) is 1. The molecule has 0 saturated heterocycles. The van der Waals surface area contributed by atoms with Gasteiger partial charge in [0, 0.05) is 28.6 Å². The number of nitrogens with zero attached hydrogens (tertiary/aromatic N) is 2. The van der Waals surface area contributed by atoms with Crippen molar-refractivity contribution in [1.82, 2.24) is 10.2 Å². The Hall–Kier alpha value is -3.78. The molecule has 2 aromatic heterocycles. The van der Waals surface area contributed by atoms with Crippen molar-refractivity contribution in [3.63, 3.8) is 0 Å². The maximum atomic E-state index is 12.2. The number of carbonyl (C=O) groups is 2. The third kappa shape index (κ3) is 4.98. The standard InChI is InChI=1S/C22H17N3O4S/c26-20(11-10-19-24-25-22(29-19)16-12-13-30-14-16)28-18-8-6-17(7-9-18)23-21(27)15-4-2-1-3-5-15/h1-9,12-14H,10-11H2,(H,23,27). The van der Waals surface area contributed by atoms with E-state index in [4.69, 9.17) is 9.15 Å². The van der Waals surface area contributed by atoms with Crippen LogP contribution in [0.15, 0.2) is 75.8 Å². The van der Waals surface area contributed by atoms with E-state index in [0.29, 0.717) is 35.2 Å². The van der Waals surface area contributed by atoms with Gasteiger partial charge in [-0.3, -0.25) is 9.59 Å². The summed E-state index contributed by atoms with van der Waals surface area (Å²) in [6.07, 6.45) is 0.402. The normalized spacial score (nSPS) is 10.5. The van der Waals surface area contributed by atoms with E-state index in [1.165, 1.54) is 0 Å². The molecule has 0 unspecified atom stereocenters.